The maximum Gasteiger partial charge on any atom is 0.283 e. The highest BCUT2D eigenvalue weighted by molar-refractivity contribution is 7.89. The van der Waals surface area contributed by atoms with Crippen LogP contribution in [0.25, 0.3) is 10.9 Å². The summed E-state index contributed by atoms with van der Waals surface area (Å²) in [5.41, 5.74) is 1.68. The molecule has 2 amide bonds. The van der Waals surface area contributed by atoms with Crippen molar-refractivity contribution in [2.45, 2.75) is 43.3 Å². The summed E-state index contributed by atoms with van der Waals surface area (Å²) in [6.07, 6.45) is 2.69. The number of benzene rings is 1. The first-order valence-electron chi connectivity index (χ1n) is 13.2. The second-order valence-corrected chi connectivity index (χ2v) is 14.0. The molecule has 3 aliphatic rings. The van der Waals surface area contributed by atoms with E-state index in [1.165, 1.54) is 15.6 Å². The fraction of sp³-hybridized carbons (Fsp3) is 0.500. The molecule has 5 heterocycles. The fourth-order valence-electron chi connectivity index (χ4n) is 5.70. The molecule has 2 aromatic heterocycles. The van der Waals surface area contributed by atoms with Crippen molar-refractivity contribution in [2.24, 2.45) is 0 Å². The van der Waals surface area contributed by atoms with E-state index in [1.807, 2.05) is 4.90 Å². The van der Waals surface area contributed by atoms with Crippen LogP contribution in [0.3, 0.4) is 0 Å². The zero-order valence-electron chi connectivity index (χ0n) is 21.7. The van der Waals surface area contributed by atoms with Gasteiger partial charge >= 0.3 is 0 Å². The van der Waals surface area contributed by atoms with E-state index >= 15 is 0 Å². The van der Waals surface area contributed by atoms with Crippen molar-refractivity contribution in [3.8, 4) is 0 Å². The number of fused-ring (bicyclic) bond motifs is 2. The summed E-state index contributed by atoms with van der Waals surface area (Å²) in [5.74, 6) is -0.0475. The lowest BCUT2D eigenvalue weighted by molar-refractivity contribution is -0.127. The number of H-pyrrole nitrogens is 1. The summed E-state index contributed by atoms with van der Waals surface area (Å²) < 4.78 is 28.8. The summed E-state index contributed by atoms with van der Waals surface area (Å²) >= 11 is 7.54. The maximum atomic E-state index is 13.7. The van der Waals surface area contributed by atoms with Crippen molar-refractivity contribution in [3.05, 3.63) is 44.9 Å². The molecular weight excluding hydrogens is 560 g/mol. The van der Waals surface area contributed by atoms with Crippen LogP contribution < -0.4 is 0 Å². The van der Waals surface area contributed by atoms with E-state index in [4.69, 9.17) is 11.6 Å². The Labute approximate surface area is 236 Å². The Hall–Kier alpha value is -2.51. The Morgan fingerprint density at radius 1 is 1.18 bits per heavy atom. The van der Waals surface area contributed by atoms with Crippen LogP contribution in [0.2, 0.25) is 5.02 Å². The van der Waals surface area contributed by atoms with Gasteiger partial charge in [-0.25, -0.2) is 13.4 Å². The molecule has 208 valence electrons. The monoisotopic (exact) mass is 590 g/mol. The highest BCUT2D eigenvalue weighted by Gasteiger charge is 2.39. The number of nitrogens with zero attached hydrogens (tertiary/aromatic N) is 5. The van der Waals surface area contributed by atoms with Gasteiger partial charge in [-0.1, -0.05) is 11.6 Å². The number of halogens is 1. The number of likely N-dealkylation sites (tertiary alicyclic amines) is 1. The van der Waals surface area contributed by atoms with Crippen molar-refractivity contribution in [1.29, 1.82) is 0 Å². The van der Waals surface area contributed by atoms with Crippen molar-refractivity contribution >= 4 is 55.7 Å². The molecule has 39 heavy (non-hydrogen) atoms. The van der Waals surface area contributed by atoms with Gasteiger partial charge in [0.1, 0.15) is 5.03 Å². The van der Waals surface area contributed by atoms with Gasteiger partial charge in [0.2, 0.25) is 5.91 Å². The zero-order valence-corrected chi connectivity index (χ0v) is 24.1. The number of thiazole rings is 1. The molecule has 10 nitrogen and oxygen atoms in total. The van der Waals surface area contributed by atoms with Crippen LogP contribution >= 0.6 is 22.9 Å². The topological polar surface area (TPSA) is 110 Å². The molecule has 0 bridgehead atoms. The number of hydrogen-bond donors (Lipinski definition) is 1. The quantitative estimate of drug-likeness (QED) is 0.473. The Balaban J connectivity index is 1.25. The minimum Gasteiger partial charge on any atom is -0.345 e. The van der Waals surface area contributed by atoms with Gasteiger partial charge in [0.25, 0.3) is 15.9 Å². The van der Waals surface area contributed by atoms with Crippen molar-refractivity contribution in [2.75, 3.05) is 46.3 Å². The standard InChI is InChI=1S/C26H31ClN6O4S2/c1-30-9-7-21-22(16-30)38-25(29-21)26(35)33-12-11-32(15-19(33)6-10-31-8-2-3-24(31)34)39(36,37)23-14-17-13-18(27)4-5-20(17)28-23/h4-5,13-14,19,28H,2-3,6-12,15-16H2,1H3. The Kier molecular flexibility index (Phi) is 7.17. The number of aromatic nitrogens is 2. The van der Waals surface area contributed by atoms with Crippen LogP contribution in [-0.4, -0.2) is 102 Å². The second-order valence-electron chi connectivity index (χ2n) is 10.5. The maximum absolute atomic E-state index is 13.7. The number of likely N-dealkylation sites (N-methyl/N-ethyl adjacent to an activating group) is 1. The largest absolute Gasteiger partial charge is 0.345 e. The Morgan fingerprint density at radius 2 is 2.03 bits per heavy atom. The molecule has 1 atom stereocenters. The molecule has 3 aliphatic heterocycles. The smallest absolute Gasteiger partial charge is 0.283 e. The highest BCUT2D eigenvalue weighted by Crippen LogP contribution is 2.29. The summed E-state index contributed by atoms with van der Waals surface area (Å²) in [6, 6.07) is 6.42. The lowest BCUT2D eigenvalue weighted by Gasteiger charge is -2.40. The van der Waals surface area contributed by atoms with Gasteiger partial charge in [-0.2, -0.15) is 4.31 Å². The van der Waals surface area contributed by atoms with Gasteiger partial charge in [-0.05, 0) is 44.2 Å². The SMILES string of the molecule is CN1CCc2nc(C(=O)N3CCN(S(=O)(=O)c4cc5cc(Cl)ccc5[nH]4)CC3CCN3CCCC3=O)sc2C1. The number of nitrogens with one attached hydrogen (secondary N) is 1. The molecule has 1 unspecified atom stereocenters. The first-order valence-corrected chi connectivity index (χ1v) is 15.9. The van der Waals surface area contributed by atoms with E-state index < -0.39 is 10.0 Å². The Morgan fingerprint density at radius 3 is 2.82 bits per heavy atom. The van der Waals surface area contributed by atoms with E-state index in [9.17, 15) is 18.0 Å². The predicted octanol–water partition coefficient (Wildman–Crippen LogP) is 2.79. The summed E-state index contributed by atoms with van der Waals surface area (Å²) in [6.45, 7) is 3.47. The second kappa shape index (κ2) is 10.5. The number of sulfonamides is 1. The lowest BCUT2D eigenvalue weighted by atomic mass is 10.1. The molecular formula is C26H31ClN6O4S2. The average molecular weight is 591 g/mol. The molecule has 3 aromatic rings. The minimum atomic E-state index is -3.84. The fourth-order valence-corrected chi connectivity index (χ4v) is 8.51. The van der Waals surface area contributed by atoms with Gasteiger partial charge in [-0.15, -0.1) is 11.3 Å². The predicted molar refractivity (Wildman–Crippen MR) is 149 cm³/mol. The number of hydrogen-bond acceptors (Lipinski definition) is 7. The number of piperazine rings is 1. The van der Waals surface area contributed by atoms with Crippen molar-refractivity contribution < 1.29 is 18.0 Å². The summed E-state index contributed by atoms with van der Waals surface area (Å²) in [7, 11) is -1.79. The molecule has 0 saturated carbocycles. The first-order chi connectivity index (χ1) is 18.7. The van der Waals surface area contributed by atoms with Gasteiger partial charge in [0.05, 0.1) is 5.69 Å². The van der Waals surface area contributed by atoms with E-state index in [2.05, 4.69) is 21.9 Å². The average Bonchev–Trinajstić information content (AvgIpc) is 3.64. The van der Waals surface area contributed by atoms with Crippen LogP contribution in [0.4, 0.5) is 0 Å². The van der Waals surface area contributed by atoms with Crippen LogP contribution in [0.5, 0.6) is 0 Å². The van der Waals surface area contributed by atoms with Gasteiger partial charge in [0.15, 0.2) is 5.01 Å². The molecule has 1 N–H and O–H groups in total. The minimum absolute atomic E-state index is 0.102. The van der Waals surface area contributed by atoms with Crippen LogP contribution in [-0.2, 0) is 27.8 Å². The molecule has 0 spiro atoms. The van der Waals surface area contributed by atoms with E-state index in [1.54, 1.807) is 29.2 Å². The number of aromatic amines is 1. The molecule has 0 aliphatic carbocycles. The molecule has 1 aromatic carbocycles. The van der Waals surface area contributed by atoms with Crippen molar-refractivity contribution in [3.63, 3.8) is 0 Å². The number of rotatable bonds is 6. The number of amides is 2. The van der Waals surface area contributed by atoms with Gasteiger partial charge in [-0.3, -0.25) is 9.59 Å². The van der Waals surface area contributed by atoms with Crippen LogP contribution in [0.15, 0.2) is 29.3 Å². The normalized spacial score (nSPS) is 21.2. The van der Waals surface area contributed by atoms with E-state index in [0.29, 0.717) is 41.5 Å². The third-order valence-electron chi connectivity index (χ3n) is 7.89. The molecule has 2 fully saturated rings. The van der Waals surface area contributed by atoms with E-state index in [0.717, 1.165) is 41.9 Å². The van der Waals surface area contributed by atoms with Crippen LogP contribution in [0, 0.1) is 0 Å². The Bertz CT molecular complexity index is 1540. The van der Waals surface area contributed by atoms with E-state index in [-0.39, 0.29) is 42.5 Å². The molecule has 13 heteroatoms. The number of carbonyl (C=O) groups is 2. The molecule has 6 rings (SSSR count). The number of carbonyl (C=O) groups excluding carboxylic acids is 2. The first kappa shape index (κ1) is 26.7. The summed E-state index contributed by atoms with van der Waals surface area (Å²) in [4.78, 5) is 40.6. The van der Waals surface area contributed by atoms with Crippen molar-refractivity contribution in [1.82, 2.24) is 29.0 Å². The van der Waals surface area contributed by atoms with Crippen LogP contribution in [0.1, 0.15) is 39.6 Å². The highest BCUT2D eigenvalue weighted by atomic mass is 35.5. The summed E-state index contributed by atoms with van der Waals surface area (Å²) in [5, 5.41) is 1.81. The lowest BCUT2D eigenvalue weighted by Crippen LogP contribution is -2.57. The molecule has 2 saturated heterocycles. The van der Waals surface area contributed by atoms with Gasteiger partial charge < -0.3 is 19.7 Å². The zero-order chi connectivity index (χ0) is 27.3. The third kappa shape index (κ3) is 5.20. The van der Waals surface area contributed by atoms with Gasteiger partial charge in [0, 0.05) is 85.5 Å². The third-order valence-corrected chi connectivity index (χ3v) is 11.0. The molecule has 0 radical (unpaired) electrons.